The van der Waals surface area contributed by atoms with Gasteiger partial charge in [-0.15, -0.1) is 0 Å². The van der Waals surface area contributed by atoms with Gasteiger partial charge in [0.05, 0.1) is 23.1 Å². The number of non-ortho nitro benzene ring substituents is 1. The predicted octanol–water partition coefficient (Wildman–Crippen LogP) is 1.35. The van der Waals surface area contributed by atoms with E-state index in [9.17, 15) is 14.9 Å². The molecule has 0 aliphatic carbocycles. The molecule has 1 unspecified atom stereocenters. The first-order chi connectivity index (χ1) is 9.33. The minimum atomic E-state index is -1.01. The van der Waals surface area contributed by atoms with Crippen molar-refractivity contribution in [2.24, 2.45) is 11.5 Å². The standard InChI is InChI=1S/C13H19N3O4/c1-13(15,12(14)17)7-2-3-8-20-11-6-4-5-10(9-11)16(18)19/h4-6,9H,2-3,7-8,15H2,1H3,(H2,14,17). The molecule has 1 atom stereocenters. The number of carbonyl (C=O) groups excluding carboxylic acids is 1. The lowest BCUT2D eigenvalue weighted by Gasteiger charge is -2.19. The first kappa shape index (κ1) is 15.9. The maximum Gasteiger partial charge on any atom is 0.273 e. The summed E-state index contributed by atoms with van der Waals surface area (Å²) in [6.45, 7) is 1.99. The van der Waals surface area contributed by atoms with E-state index >= 15 is 0 Å². The van der Waals surface area contributed by atoms with E-state index in [2.05, 4.69) is 0 Å². The molecule has 0 aromatic heterocycles. The Morgan fingerprint density at radius 2 is 2.15 bits per heavy atom. The number of ether oxygens (including phenoxy) is 1. The fourth-order valence-electron chi connectivity index (χ4n) is 1.59. The number of hydrogen-bond donors (Lipinski definition) is 2. The molecular weight excluding hydrogens is 262 g/mol. The van der Waals surface area contributed by atoms with E-state index in [1.165, 1.54) is 12.1 Å². The number of amides is 1. The lowest BCUT2D eigenvalue weighted by Crippen LogP contribution is -2.49. The molecule has 7 nitrogen and oxygen atoms in total. The number of hydrogen-bond acceptors (Lipinski definition) is 5. The molecule has 0 bridgehead atoms. The van der Waals surface area contributed by atoms with Gasteiger partial charge in [0, 0.05) is 6.07 Å². The second kappa shape index (κ2) is 6.85. The SMILES string of the molecule is CC(N)(CCCCOc1cccc([N+](=O)[O-])c1)C(N)=O. The summed E-state index contributed by atoms with van der Waals surface area (Å²) in [6, 6.07) is 6.00. The average molecular weight is 281 g/mol. The monoisotopic (exact) mass is 281 g/mol. The van der Waals surface area contributed by atoms with Crippen LogP contribution in [0.2, 0.25) is 0 Å². The van der Waals surface area contributed by atoms with Gasteiger partial charge in [-0.3, -0.25) is 14.9 Å². The molecule has 110 valence electrons. The van der Waals surface area contributed by atoms with Crippen molar-refractivity contribution in [2.75, 3.05) is 6.61 Å². The van der Waals surface area contributed by atoms with Crippen LogP contribution in [0.5, 0.6) is 5.75 Å². The van der Waals surface area contributed by atoms with E-state index in [1.54, 1.807) is 19.1 Å². The van der Waals surface area contributed by atoms with Gasteiger partial charge >= 0.3 is 0 Å². The molecule has 0 radical (unpaired) electrons. The number of nitro benzene ring substituents is 1. The highest BCUT2D eigenvalue weighted by Crippen LogP contribution is 2.19. The third-order valence-electron chi connectivity index (χ3n) is 2.95. The highest BCUT2D eigenvalue weighted by Gasteiger charge is 2.24. The number of unbranched alkanes of at least 4 members (excludes halogenated alkanes) is 1. The molecule has 0 aliphatic heterocycles. The van der Waals surface area contributed by atoms with Crippen LogP contribution < -0.4 is 16.2 Å². The molecule has 1 amide bonds. The number of rotatable bonds is 8. The van der Waals surface area contributed by atoms with Crippen LogP contribution in [0.15, 0.2) is 24.3 Å². The highest BCUT2D eigenvalue weighted by molar-refractivity contribution is 5.83. The van der Waals surface area contributed by atoms with Gasteiger partial charge in [0.2, 0.25) is 5.91 Å². The number of nitrogens with two attached hydrogens (primary N) is 2. The van der Waals surface area contributed by atoms with Gasteiger partial charge in [-0.05, 0) is 32.3 Å². The van der Waals surface area contributed by atoms with Gasteiger partial charge < -0.3 is 16.2 Å². The predicted molar refractivity (Wildman–Crippen MR) is 74.2 cm³/mol. The van der Waals surface area contributed by atoms with Gasteiger partial charge in [0.15, 0.2) is 0 Å². The highest BCUT2D eigenvalue weighted by atomic mass is 16.6. The molecule has 0 aliphatic rings. The van der Waals surface area contributed by atoms with Crippen LogP contribution >= 0.6 is 0 Å². The van der Waals surface area contributed by atoms with E-state index in [0.717, 1.165) is 0 Å². The van der Waals surface area contributed by atoms with Crippen molar-refractivity contribution in [3.8, 4) is 5.75 Å². The first-order valence-corrected chi connectivity index (χ1v) is 6.29. The summed E-state index contributed by atoms with van der Waals surface area (Å²) in [4.78, 5) is 21.1. The molecule has 1 rings (SSSR count). The van der Waals surface area contributed by atoms with Crippen molar-refractivity contribution in [3.63, 3.8) is 0 Å². The Labute approximate surface area is 117 Å². The summed E-state index contributed by atoms with van der Waals surface area (Å²) >= 11 is 0. The van der Waals surface area contributed by atoms with Gasteiger partial charge in [0.1, 0.15) is 5.75 Å². The Hall–Kier alpha value is -2.15. The number of carbonyl (C=O) groups is 1. The molecule has 4 N–H and O–H groups in total. The van der Waals surface area contributed by atoms with Gasteiger partial charge in [-0.25, -0.2) is 0 Å². The van der Waals surface area contributed by atoms with Crippen molar-refractivity contribution in [2.45, 2.75) is 31.7 Å². The molecule has 20 heavy (non-hydrogen) atoms. The van der Waals surface area contributed by atoms with E-state index in [-0.39, 0.29) is 5.69 Å². The minimum Gasteiger partial charge on any atom is -0.493 e. The molecule has 1 aromatic rings. The second-order valence-electron chi connectivity index (χ2n) is 4.84. The van der Waals surface area contributed by atoms with E-state index in [0.29, 0.717) is 31.6 Å². The van der Waals surface area contributed by atoms with Gasteiger partial charge in [0.25, 0.3) is 5.69 Å². The molecule has 0 spiro atoms. The quantitative estimate of drug-likeness (QED) is 0.423. The van der Waals surface area contributed by atoms with Crippen molar-refractivity contribution in [1.82, 2.24) is 0 Å². The maximum absolute atomic E-state index is 11.0. The average Bonchev–Trinajstić information content (AvgIpc) is 2.38. The van der Waals surface area contributed by atoms with Gasteiger partial charge in [-0.2, -0.15) is 0 Å². The van der Waals surface area contributed by atoms with Crippen molar-refractivity contribution in [1.29, 1.82) is 0 Å². The van der Waals surface area contributed by atoms with Crippen LogP contribution in [0.25, 0.3) is 0 Å². The third kappa shape index (κ3) is 4.85. The van der Waals surface area contributed by atoms with Crippen molar-refractivity contribution < 1.29 is 14.5 Å². The Bertz CT molecular complexity index is 488. The Morgan fingerprint density at radius 1 is 1.45 bits per heavy atom. The Morgan fingerprint density at radius 3 is 2.75 bits per heavy atom. The Kier molecular flexibility index (Phi) is 5.45. The largest absolute Gasteiger partial charge is 0.493 e. The lowest BCUT2D eigenvalue weighted by molar-refractivity contribution is -0.384. The normalized spacial score (nSPS) is 13.5. The topological polar surface area (TPSA) is 121 Å². The van der Waals surface area contributed by atoms with Crippen LogP contribution in [0.4, 0.5) is 5.69 Å². The summed E-state index contributed by atoms with van der Waals surface area (Å²) in [5.74, 6) is -0.0817. The van der Waals surface area contributed by atoms with Crippen LogP contribution in [0.3, 0.4) is 0 Å². The van der Waals surface area contributed by atoms with E-state index in [4.69, 9.17) is 16.2 Å². The molecule has 0 saturated heterocycles. The summed E-state index contributed by atoms with van der Waals surface area (Å²) in [6.07, 6.45) is 1.84. The molecular formula is C13H19N3O4. The Balaban J connectivity index is 2.33. The molecule has 7 heteroatoms. The third-order valence-corrected chi connectivity index (χ3v) is 2.95. The fraction of sp³-hybridized carbons (Fsp3) is 0.462. The number of nitrogens with zero attached hydrogens (tertiary/aromatic N) is 1. The molecule has 0 heterocycles. The minimum absolute atomic E-state index is 0.00855. The summed E-state index contributed by atoms with van der Waals surface area (Å²) in [5, 5.41) is 10.6. The molecule has 0 fully saturated rings. The summed E-state index contributed by atoms with van der Waals surface area (Å²) < 4.78 is 5.41. The van der Waals surface area contributed by atoms with Gasteiger partial charge in [-0.1, -0.05) is 6.07 Å². The fourth-order valence-corrected chi connectivity index (χ4v) is 1.59. The summed E-state index contributed by atoms with van der Waals surface area (Å²) in [5.41, 5.74) is 9.86. The zero-order valence-electron chi connectivity index (χ0n) is 11.4. The van der Waals surface area contributed by atoms with Crippen molar-refractivity contribution in [3.05, 3.63) is 34.4 Å². The number of benzene rings is 1. The molecule has 1 aromatic carbocycles. The zero-order valence-corrected chi connectivity index (χ0v) is 11.4. The van der Waals surface area contributed by atoms with Crippen LogP contribution in [-0.4, -0.2) is 23.0 Å². The van der Waals surface area contributed by atoms with E-state index < -0.39 is 16.4 Å². The lowest BCUT2D eigenvalue weighted by atomic mass is 9.96. The summed E-state index contributed by atoms with van der Waals surface area (Å²) in [7, 11) is 0. The smallest absolute Gasteiger partial charge is 0.273 e. The zero-order chi connectivity index (χ0) is 15.2. The second-order valence-corrected chi connectivity index (χ2v) is 4.84. The van der Waals surface area contributed by atoms with Crippen LogP contribution in [-0.2, 0) is 4.79 Å². The first-order valence-electron chi connectivity index (χ1n) is 6.29. The van der Waals surface area contributed by atoms with Crippen LogP contribution in [0.1, 0.15) is 26.2 Å². The van der Waals surface area contributed by atoms with Crippen molar-refractivity contribution >= 4 is 11.6 Å². The molecule has 0 saturated carbocycles. The van der Waals surface area contributed by atoms with Crippen LogP contribution in [0, 0.1) is 10.1 Å². The number of nitro groups is 1. The van der Waals surface area contributed by atoms with E-state index in [1.807, 2.05) is 0 Å². The maximum atomic E-state index is 11.0. The number of primary amides is 1.